The van der Waals surface area contributed by atoms with Crippen LogP contribution < -0.4 is 11.1 Å². The van der Waals surface area contributed by atoms with E-state index in [-0.39, 0.29) is 16.9 Å². The van der Waals surface area contributed by atoms with Gasteiger partial charge in [0, 0.05) is 12.3 Å². The van der Waals surface area contributed by atoms with Crippen molar-refractivity contribution in [1.29, 1.82) is 0 Å². The van der Waals surface area contributed by atoms with Crippen LogP contribution in [-0.2, 0) is 9.59 Å². The summed E-state index contributed by atoms with van der Waals surface area (Å²) in [6.07, 6.45) is 0.942. The lowest BCUT2D eigenvalue weighted by molar-refractivity contribution is -0.138. The number of carboxylic acid groups (broad SMARTS) is 1. The van der Waals surface area contributed by atoms with Gasteiger partial charge in [-0.15, -0.1) is 11.8 Å². The summed E-state index contributed by atoms with van der Waals surface area (Å²) in [7, 11) is 0. The van der Waals surface area contributed by atoms with Crippen LogP contribution >= 0.6 is 11.8 Å². The fourth-order valence-corrected chi connectivity index (χ4v) is 1.90. The fourth-order valence-electron chi connectivity index (χ4n) is 1.02. The first-order chi connectivity index (χ1) is 7.84. The van der Waals surface area contributed by atoms with Gasteiger partial charge < -0.3 is 16.2 Å². The second kappa shape index (κ2) is 8.36. The molecule has 0 bridgehead atoms. The van der Waals surface area contributed by atoms with Gasteiger partial charge in [-0.3, -0.25) is 9.59 Å². The number of hydrogen-bond acceptors (Lipinski definition) is 4. The molecule has 0 aromatic carbocycles. The van der Waals surface area contributed by atoms with E-state index in [4.69, 9.17) is 10.8 Å². The minimum absolute atomic E-state index is 0.0618. The SMILES string of the molecule is CC(C)CCNC(=O)C(C)SC[C@H](N)C(=O)O. The predicted molar refractivity (Wildman–Crippen MR) is 70.0 cm³/mol. The van der Waals surface area contributed by atoms with E-state index in [1.807, 2.05) is 0 Å². The molecule has 0 aliphatic carbocycles. The molecule has 0 spiro atoms. The molecule has 100 valence electrons. The zero-order valence-corrected chi connectivity index (χ0v) is 11.4. The normalized spacial score (nSPS) is 14.4. The Balaban J connectivity index is 3.78. The largest absolute Gasteiger partial charge is 0.480 e. The summed E-state index contributed by atoms with van der Waals surface area (Å²) in [4.78, 5) is 22.1. The molecule has 0 aromatic rings. The highest BCUT2D eigenvalue weighted by atomic mass is 32.2. The number of carboxylic acids is 1. The second-order valence-electron chi connectivity index (χ2n) is 4.39. The molecule has 1 unspecified atom stereocenters. The Kier molecular flexibility index (Phi) is 7.99. The molecule has 17 heavy (non-hydrogen) atoms. The Morgan fingerprint density at radius 3 is 2.41 bits per heavy atom. The van der Waals surface area contributed by atoms with Gasteiger partial charge in [0.1, 0.15) is 6.04 Å². The van der Waals surface area contributed by atoms with Gasteiger partial charge in [0.25, 0.3) is 0 Å². The number of hydrogen-bond donors (Lipinski definition) is 3. The quantitative estimate of drug-likeness (QED) is 0.598. The van der Waals surface area contributed by atoms with E-state index in [2.05, 4.69) is 19.2 Å². The number of aliphatic carboxylic acids is 1. The van der Waals surface area contributed by atoms with Crippen molar-refractivity contribution in [2.24, 2.45) is 11.7 Å². The molecular formula is C11H22N2O3S. The van der Waals surface area contributed by atoms with Crippen LogP contribution in [0.25, 0.3) is 0 Å². The van der Waals surface area contributed by atoms with Crippen LogP contribution in [0.1, 0.15) is 27.2 Å². The summed E-state index contributed by atoms with van der Waals surface area (Å²) in [6.45, 7) is 6.60. The molecule has 4 N–H and O–H groups in total. The summed E-state index contributed by atoms with van der Waals surface area (Å²) < 4.78 is 0. The Morgan fingerprint density at radius 2 is 1.94 bits per heavy atom. The van der Waals surface area contributed by atoms with Gasteiger partial charge >= 0.3 is 5.97 Å². The predicted octanol–water partition coefficient (Wildman–Crippen LogP) is 0.682. The number of carbonyl (C=O) groups is 2. The Bertz CT molecular complexity index is 259. The molecule has 2 atom stereocenters. The molecule has 6 heteroatoms. The Hall–Kier alpha value is -0.750. The maximum absolute atomic E-state index is 11.6. The topological polar surface area (TPSA) is 92.4 Å². The highest BCUT2D eigenvalue weighted by molar-refractivity contribution is 8.00. The van der Waals surface area contributed by atoms with Crippen molar-refractivity contribution in [1.82, 2.24) is 5.32 Å². The molecule has 0 aliphatic rings. The average molecular weight is 262 g/mol. The summed E-state index contributed by atoms with van der Waals surface area (Å²) in [6, 6.07) is -0.911. The number of nitrogens with two attached hydrogens (primary N) is 1. The van der Waals surface area contributed by atoms with Crippen LogP contribution in [0.3, 0.4) is 0 Å². The highest BCUT2D eigenvalue weighted by Crippen LogP contribution is 2.11. The first-order valence-electron chi connectivity index (χ1n) is 5.72. The molecule has 0 aromatic heterocycles. The number of rotatable bonds is 8. The fraction of sp³-hybridized carbons (Fsp3) is 0.818. The van der Waals surface area contributed by atoms with Crippen LogP contribution in [-0.4, -0.2) is 40.6 Å². The van der Waals surface area contributed by atoms with Gasteiger partial charge in [-0.2, -0.15) is 0 Å². The van der Waals surface area contributed by atoms with E-state index in [9.17, 15) is 9.59 Å². The summed E-state index contributed by atoms with van der Waals surface area (Å²) in [5.41, 5.74) is 5.35. The third-order valence-corrected chi connectivity index (χ3v) is 3.50. The zero-order chi connectivity index (χ0) is 13.4. The first-order valence-corrected chi connectivity index (χ1v) is 6.77. The minimum Gasteiger partial charge on any atom is -0.480 e. The number of thioether (sulfide) groups is 1. The third kappa shape index (κ3) is 8.04. The summed E-state index contributed by atoms with van der Waals surface area (Å²) in [5, 5.41) is 11.1. The van der Waals surface area contributed by atoms with Crippen molar-refractivity contribution in [3.63, 3.8) is 0 Å². The molecule has 0 fully saturated rings. The number of carbonyl (C=O) groups excluding carboxylic acids is 1. The summed E-state index contributed by atoms with van der Waals surface area (Å²) in [5.74, 6) is -0.300. The van der Waals surface area contributed by atoms with Crippen LogP contribution in [0.2, 0.25) is 0 Å². The maximum Gasteiger partial charge on any atom is 0.321 e. The standard InChI is InChI=1S/C11H22N2O3S/c1-7(2)4-5-13-10(14)8(3)17-6-9(12)11(15)16/h7-9H,4-6,12H2,1-3H3,(H,13,14)(H,15,16)/t8?,9-/m0/s1. The third-order valence-electron chi connectivity index (χ3n) is 2.23. The monoisotopic (exact) mass is 262 g/mol. The van der Waals surface area contributed by atoms with E-state index in [0.717, 1.165) is 6.42 Å². The minimum atomic E-state index is -1.04. The van der Waals surface area contributed by atoms with Crippen LogP contribution in [0.4, 0.5) is 0 Å². The lowest BCUT2D eigenvalue weighted by Crippen LogP contribution is -2.36. The van der Waals surface area contributed by atoms with Crippen LogP contribution in [0, 0.1) is 5.92 Å². The van der Waals surface area contributed by atoms with Gasteiger partial charge in [-0.05, 0) is 19.3 Å². The molecule has 0 aliphatic heterocycles. The zero-order valence-electron chi connectivity index (χ0n) is 10.6. The van der Waals surface area contributed by atoms with E-state index < -0.39 is 12.0 Å². The van der Waals surface area contributed by atoms with Crippen molar-refractivity contribution in [3.05, 3.63) is 0 Å². The van der Waals surface area contributed by atoms with Gasteiger partial charge in [-0.1, -0.05) is 13.8 Å². The molecule has 5 nitrogen and oxygen atoms in total. The molecule has 0 radical (unpaired) electrons. The van der Waals surface area contributed by atoms with E-state index >= 15 is 0 Å². The maximum atomic E-state index is 11.6. The molecular weight excluding hydrogens is 240 g/mol. The smallest absolute Gasteiger partial charge is 0.321 e. The average Bonchev–Trinajstić information content (AvgIpc) is 2.24. The van der Waals surface area contributed by atoms with E-state index in [0.29, 0.717) is 12.5 Å². The van der Waals surface area contributed by atoms with Crippen molar-refractivity contribution < 1.29 is 14.7 Å². The van der Waals surface area contributed by atoms with Crippen molar-refractivity contribution in [2.45, 2.75) is 38.5 Å². The second-order valence-corrected chi connectivity index (χ2v) is 5.77. The first kappa shape index (κ1) is 16.2. The molecule has 1 amide bonds. The molecule has 0 rings (SSSR count). The van der Waals surface area contributed by atoms with Crippen molar-refractivity contribution >= 4 is 23.6 Å². The van der Waals surface area contributed by atoms with Gasteiger partial charge in [-0.25, -0.2) is 0 Å². The van der Waals surface area contributed by atoms with Crippen molar-refractivity contribution in [3.8, 4) is 0 Å². The molecule has 0 saturated heterocycles. The lowest BCUT2D eigenvalue weighted by atomic mass is 10.1. The lowest BCUT2D eigenvalue weighted by Gasteiger charge is -2.14. The van der Waals surface area contributed by atoms with Gasteiger partial charge in [0.05, 0.1) is 5.25 Å². The number of amides is 1. The highest BCUT2D eigenvalue weighted by Gasteiger charge is 2.17. The number of nitrogens with one attached hydrogen (secondary N) is 1. The summed E-state index contributed by atoms with van der Waals surface area (Å²) >= 11 is 1.26. The van der Waals surface area contributed by atoms with Gasteiger partial charge in [0.15, 0.2) is 0 Å². The van der Waals surface area contributed by atoms with Crippen LogP contribution in [0.5, 0.6) is 0 Å². The Morgan fingerprint density at radius 1 is 1.35 bits per heavy atom. The van der Waals surface area contributed by atoms with Crippen molar-refractivity contribution in [2.75, 3.05) is 12.3 Å². The molecule has 0 heterocycles. The molecule has 0 saturated carbocycles. The van der Waals surface area contributed by atoms with Crippen LogP contribution in [0.15, 0.2) is 0 Å². The van der Waals surface area contributed by atoms with E-state index in [1.165, 1.54) is 11.8 Å². The van der Waals surface area contributed by atoms with Gasteiger partial charge in [0.2, 0.25) is 5.91 Å². The Labute approximate surface area is 107 Å². The van der Waals surface area contributed by atoms with E-state index in [1.54, 1.807) is 6.92 Å².